The topological polar surface area (TPSA) is 90.3 Å². The molecule has 0 radical (unpaired) electrons. The fourth-order valence-corrected chi connectivity index (χ4v) is 4.64. The second-order valence-electron chi connectivity index (χ2n) is 7.84. The summed E-state index contributed by atoms with van der Waals surface area (Å²) in [4.78, 5) is 10.6. The van der Waals surface area contributed by atoms with Crippen molar-refractivity contribution in [3.05, 3.63) is 68.7 Å². The first-order valence-corrected chi connectivity index (χ1v) is 9.76. The Kier molecular flexibility index (Phi) is 4.75. The minimum Gasteiger partial charge on any atom is -0.498 e. The van der Waals surface area contributed by atoms with Crippen LogP contribution in [-0.2, 0) is 16.0 Å². The highest BCUT2D eigenvalue weighted by molar-refractivity contribution is 5.88. The van der Waals surface area contributed by atoms with Gasteiger partial charge in [0.05, 0.1) is 23.3 Å². The predicted molar refractivity (Wildman–Crippen MR) is 113 cm³/mol. The summed E-state index contributed by atoms with van der Waals surface area (Å²) in [5, 5.41) is 21.1. The molecule has 0 N–H and O–H groups in total. The Morgan fingerprint density at radius 1 is 1.27 bits per heavy atom. The number of hydrogen-bond donors (Lipinski definition) is 0. The summed E-state index contributed by atoms with van der Waals surface area (Å²) in [7, 11) is 3.32. The van der Waals surface area contributed by atoms with E-state index in [1.807, 2.05) is 19.9 Å². The van der Waals surface area contributed by atoms with Crippen LogP contribution in [0.15, 0.2) is 41.7 Å². The van der Waals surface area contributed by atoms with Gasteiger partial charge in [-0.25, -0.2) is 0 Å². The quantitative estimate of drug-likeness (QED) is 0.541. The maximum absolute atomic E-state index is 11.0. The van der Waals surface area contributed by atoms with Gasteiger partial charge in [0, 0.05) is 49.0 Å². The molecular formula is C23H23N3O4. The Morgan fingerprint density at radius 2 is 1.97 bits per heavy atom. The molecule has 7 heteroatoms. The van der Waals surface area contributed by atoms with Crippen molar-refractivity contribution in [3.8, 4) is 17.2 Å². The Bertz CT molecular complexity index is 1150. The van der Waals surface area contributed by atoms with Gasteiger partial charge in [-0.05, 0) is 44.0 Å². The second kappa shape index (κ2) is 7.15. The number of benzene rings is 1. The normalized spacial score (nSPS) is 20.2. The van der Waals surface area contributed by atoms with E-state index in [0.29, 0.717) is 12.0 Å². The third-order valence-electron chi connectivity index (χ3n) is 6.29. The summed E-state index contributed by atoms with van der Waals surface area (Å²) in [5.74, 6) is 0.733. The molecule has 0 amide bonds. The van der Waals surface area contributed by atoms with E-state index >= 15 is 0 Å². The lowest BCUT2D eigenvalue weighted by atomic mass is 9.81. The van der Waals surface area contributed by atoms with E-state index in [-0.39, 0.29) is 5.69 Å². The van der Waals surface area contributed by atoms with E-state index < -0.39 is 10.5 Å². The molecule has 2 aliphatic rings. The molecule has 1 aromatic carbocycles. The number of rotatable bonds is 4. The molecule has 1 aromatic heterocycles. The van der Waals surface area contributed by atoms with Crippen LogP contribution in [0.2, 0.25) is 0 Å². The van der Waals surface area contributed by atoms with E-state index in [0.717, 1.165) is 46.8 Å². The average Bonchev–Trinajstić information content (AvgIpc) is 3.05. The third kappa shape index (κ3) is 2.84. The Balaban J connectivity index is 1.91. The van der Waals surface area contributed by atoms with Crippen LogP contribution < -0.4 is 0 Å². The molecule has 0 saturated carbocycles. The van der Waals surface area contributed by atoms with Crippen molar-refractivity contribution in [2.45, 2.75) is 38.8 Å². The van der Waals surface area contributed by atoms with Gasteiger partial charge in [-0.15, -0.1) is 0 Å². The van der Waals surface area contributed by atoms with Gasteiger partial charge in [0.15, 0.2) is 0 Å². The van der Waals surface area contributed by atoms with Crippen LogP contribution in [0, 0.1) is 28.4 Å². The van der Waals surface area contributed by atoms with Gasteiger partial charge in [0.25, 0.3) is 5.69 Å². The number of methoxy groups -OCH3 is 2. The molecule has 2 heterocycles. The molecule has 0 saturated heterocycles. The maximum Gasteiger partial charge on any atom is 0.269 e. The van der Waals surface area contributed by atoms with Gasteiger partial charge in [0.2, 0.25) is 0 Å². The number of ether oxygens (including phenoxy) is 2. The molecular weight excluding hydrogens is 382 g/mol. The van der Waals surface area contributed by atoms with Crippen LogP contribution in [0.25, 0.3) is 16.7 Å². The Labute approximate surface area is 175 Å². The predicted octanol–water partition coefficient (Wildman–Crippen LogP) is 4.74. The first-order chi connectivity index (χ1) is 14.3. The number of nitrogens with zero attached hydrogens (tertiary/aromatic N) is 3. The van der Waals surface area contributed by atoms with E-state index in [9.17, 15) is 15.4 Å². The molecule has 154 valence electrons. The highest BCUT2D eigenvalue weighted by Gasteiger charge is 2.39. The van der Waals surface area contributed by atoms with Crippen LogP contribution in [-0.4, -0.2) is 29.3 Å². The standard InChI is InChI=1S/C23H23N3O4/c1-14-21(15-5-7-17(8-6-15)26(27)28)19(13-24)22-18-11-20(29-3)23(2,30-4)12-16(18)9-10-25(14)22/h5-8,11H,9-10,12H2,1-4H3. The molecule has 7 nitrogen and oxygen atoms in total. The van der Waals surface area contributed by atoms with E-state index in [4.69, 9.17) is 9.47 Å². The Morgan fingerprint density at radius 3 is 2.53 bits per heavy atom. The molecule has 0 fully saturated rings. The smallest absolute Gasteiger partial charge is 0.269 e. The third-order valence-corrected chi connectivity index (χ3v) is 6.29. The second-order valence-corrected chi connectivity index (χ2v) is 7.84. The van der Waals surface area contributed by atoms with Gasteiger partial charge < -0.3 is 14.0 Å². The number of nitro benzene ring substituents is 1. The first kappa shape index (κ1) is 19.9. The summed E-state index contributed by atoms with van der Waals surface area (Å²) in [5.41, 5.74) is 5.84. The maximum atomic E-state index is 11.0. The zero-order valence-corrected chi connectivity index (χ0v) is 17.5. The van der Waals surface area contributed by atoms with Crippen molar-refractivity contribution in [2.75, 3.05) is 14.2 Å². The van der Waals surface area contributed by atoms with Gasteiger partial charge in [-0.3, -0.25) is 10.1 Å². The zero-order chi connectivity index (χ0) is 21.6. The lowest BCUT2D eigenvalue weighted by Crippen LogP contribution is -2.35. The minimum atomic E-state index is -0.522. The number of nitro groups is 1. The van der Waals surface area contributed by atoms with E-state index in [1.54, 1.807) is 26.4 Å². The number of aromatic nitrogens is 1. The molecule has 2 aromatic rings. The van der Waals surface area contributed by atoms with Crippen molar-refractivity contribution in [2.24, 2.45) is 0 Å². The molecule has 0 bridgehead atoms. The molecule has 1 aliphatic heterocycles. The molecule has 1 atom stereocenters. The largest absolute Gasteiger partial charge is 0.498 e. The van der Waals surface area contributed by atoms with E-state index in [1.165, 1.54) is 17.7 Å². The van der Waals surface area contributed by atoms with Gasteiger partial charge >= 0.3 is 0 Å². The summed E-state index contributed by atoms with van der Waals surface area (Å²) < 4.78 is 13.6. The monoisotopic (exact) mass is 405 g/mol. The van der Waals surface area contributed by atoms with Crippen LogP contribution in [0.1, 0.15) is 36.7 Å². The van der Waals surface area contributed by atoms with Crippen LogP contribution in [0.5, 0.6) is 0 Å². The molecule has 1 aliphatic carbocycles. The van der Waals surface area contributed by atoms with Crippen LogP contribution >= 0.6 is 0 Å². The summed E-state index contributed by atoms with van der Waals surface area (Å²) in [6, 6.07) is 8.77. The highest BCUT2D eigenvalue weighted by Crippen LogP contribution is 2.46. The molecule has 1 unspecified atom stereocenters. The Hall–Kier alpha value is -3.37. The van der Waals surface area contributed by atoms with E-state index in [2.05, 4.69) is 10.6 Å². The molecule has 0 spiro atoms. The van der Waals surface area contributed by atoms with Crippen molar-refractivity contribution in [1.29, 1.82) is 5.26 Å². The minimum absolute atomic E-state index is 0.0303. The van der Waals surface area contributed by atoms with Crippen molar-refractivity contribution in [3.63, 3.8) is 0 Å². The van der Waals surface area contributed by atoms with Gasteiger partial charge in [-0.1, -0.05) is 5.57 Å². The average molecular weight is 405 g/mol. The summed E-state index contributed by atoms with van der Waals surface area (Å²) in [6.45, 7) is 4.78. The number of non-ortho nitro benzene ring substituents is 1. The number of fused-ring (bicyclic) bond motifs is 2. The van der Waals surface area contributed by atoms with Crippen molar-refractivity contribution < 1.29 is 14.4 Å². The fraction of sp³-hybridized carbons (Fsp3) is 0.348. The van der Waals surface area contributed by atoms with Crippen molar-refractivity contribution >= 4 is 11.3 Å². The number of allylic oxidation sites excluding steroid dienone is 2. The number of hydrogen-bond acceptors (Lipinski definition) is 5. The van der Waals surface area contributed by atoms with Crippen LogP contribution in [0.3, 0.4) is 0 Å². The lowest BCUT2D eigenvalue weighted by molar-refractivity contribution is -0.384. The van der Waals surface area contributed by atoms with Crippen molar-refractivity contribution in [1.82, 2.24) is 4.57 Å². The summed E-state index contributed by atoms with van der Waals surface area (Å²) >= 11 is 0. The van der Waals surface area contributed by atoms with Gasteiger partial charge in [-0.2, -0.15) is 5.26 Å². The fourth-order valence-electron chi connectivity index (χ4n) is 4.64. The lowest BCUT2D eigenvalue weighted by Gasteiger charge is -2.37. The number of nitriles is 1. The van der Waals surface area contributed by atoms with Gasteiger partial charge in [0.1, 0.15) is 17.4 Å². The first-order valence-electron chi connectivity index (χ1n) is 9.76. The SMILES string of the molecule is COC1=CC2=C(CCn3c(C)c(-c4ccc([N+](=O)[O-])cc4)c(C#N)c32)CC1(C)OC. The molecule has 30 heavy (non-hydrogen) atoms. The summed E-state index contributed by atoms with van der Waals surface area (Å²) in [6.07, 6.45) is 3.57. The highest BCUT2D eigenvalue weighted by atomic mass is 16.6. The van der Waals surface area contributed by atoms with Crippen LogP contribution in [0.4, 0.5) is 5.69 Å². The zero-order valence-electron chi connectivity index (χ0n) is 17.5. The molecule has 4 rings (SSSR count).